The zero-order chi connectivity index (χ0) is 12.8. The van der Waals surface area contributed by atoms with Crippen LogP contribution in [0.15, 0.2) is 18.3 Å². The van der Waals surface area contributed by atoms with Crippen molar-refractivity contribution >= 4 is 6.41 Å². The van der Waals surface area contributed by atoms with Crippen LogP contribution in [-0.4, -0.2) is 24.6 Å². The number of carbonyl (C=O) groups is 1. The average molecular weight is 248 g/mol. The number of aryl methyl sites for hydroxylation is 1. The molecule has 1 aromatic heterocycles. The molecule has 1 amide bonds. The van der Waals surface area contributed by atoms with Gasteiger partial charge >= 0.3 is 0 Å². The van der Waals surface area contributed by atoms with E-state index in [1.165, 1.54) is 5.56 Å². The standard InChI is InChI=1S/C14H20N2O2/c1-2-11-3-4-13(15-9-11)14(16-10-17)12-5-7-18-8-6-12/h3-4,9-10,12,14H,2,5-8H2,1H3,(H,16,17). The zero-order valence-corrected chi connectivity index (χ0v) is 10.8. The van der Waals surface area contributed by atoms with Gasteiger partial charge in [0.25, 0.3) is 0 Å². The molecule has 4 heteroatoms. The maximum Gasteiger partial charge on any atom is 0.207 e. The fourth-order valence-corrected chi connectivity index (χ4v) is 2.41. The lowest BCUT2D eigenvalue weighted by atomic mass is 9.89. The van der Waals surface area contributed by atoms with Crippen LogP contribution >= 0.6 is 0 Å². The topological polar surface area (TPSA) is 51.2 Å². The predicted molar refractivity (Wildman–Crippen MR) is 69.1 cm³/mol. The Balaban J connectivity index is 2.13. The number of nitrogens with zero attached hydrogens (tertiary/aromatic N) is 1. The summed E-state index contributed by atoms with van der Waals surface area (Å²) in [5.41, 5.74) is 2.17. The molecule has 2 rings (SSSR count). The monoisotopic (exact) mass is 248 g/mol. The molecule has 1 N–H and O–H groups in total. The van der Waals surface area contributed by atoms with Gasteiger partial charge in [0.15, 0.2) is 0 Å². The van der Waals surface area contributed by atoms with Crippen LogP contribution < -0.4 is 5.32 Å². The van der Waals surface area contributed by atoms with E-state index < -0.39 is 0 Å². The quantitative estimate of drug-likeness (QED) is 0.809. The normalized spacial score (nSPS) is 18.3. The number of hydrogen-bond acceptors (Lipinski definition) is 3. The van der Waals surface area contributed by atoms with Crippen molar-refractivity contribution in [2.24, 2.45) is 5.92 Å². The molecule has 0 bridgehead atoms. The van der Waals surface area contributed by atoms with Gasteiger partial charge in [-0.25, -0.2) is 0 Å². The molecule has 0 aromatic carbocycles. The van der Waals surface area contributed by atoms with Crippen LogP contribution in [0, 0.1) is 5.92 Å². The minimum absolute atomic E-state index is 0.0114. The van der Waals surface area contributed by atoms with Gasteiger partial charge in [0, 0.05) is 19.4 Å². The molecule has 0 aliphatic carbocycles. The third kappa shape index (κ3) is 3.07. The molecule has 18 heavy (non-hydrogen) atoms. The van der Waals surface area contributed by atoms with Crippen LogP contribution in [0.5, 0.6) is 0 Å². The first-order valence-electron chi connectivity index (χ1n) is 6.57. The number of ether oxygens (including phenoxy) is 1. The van der Waals surface area contributed by atoms with E-state index in [0.717, 1.165) is 44.6 Å². The first-order valence-corrected chi connectivity index (χ1v) is 6.57. The Morgan fingerprint density at radius 2 is 2.28 bits per heavy atom. The second-order valence-corrected chi connectivity index (χ2v) is 4.66. The van der Waals surface area contributed by atoms with Crippen molar-refractivity contribution < 1.29 is 9.53 Å². The minimum atomic E-state index is 0.0114. The number of rotatable bonds is 5. The number of aromatic nitrogens is 1. The maximum atomic E-state index is 10.8. The van der Waals surface area contributed by atoms with E-state index in [9.17, 15) is 4.79 Å². The highest BCUT2D eigenvalue weighted by Crippen LogP contribution is 2.28. The summed E-state index contributed by atoms with van der Waals surface area (Å²) in [6.45, 7) is 3.65. The summed E-state index contributed by atoms with van der Waals surface area (Å²) < 4.78 is 5.36. The largest absolute Gasteiger partial charge is 0.381 e. The van der Waals surface area contributed by atoms with Crippen molar-refractivity contribution in [1.82, 2.24) is 10.3 Å². The Bertz CT molecular complexity index is 372. The van der Waals surface area contributed by atoms with Gasteiger partial charge < -0.3 is 10.1 Å². The number of carbonyl (C=O) groups excluding carboxylic acids is 1. The molecule has 4 nitrogen and oxygen atoms in total. The van der Waals surface area contributed by atoms with E-state index in [1.807, 2.05) is 12.3 Å². The Morgan fingerprint density at radius 1 is 1.50 bits per heavy atom. The second-order valence-electron chi connectivity index (χ2n) is 4.66. The highest BCUT2D eigenvalue weighted by atomic mass is 16.5. The lowest BCUT2D eigenvalue weighted by Gasteiger charge is -2.29. The summed E-state index contributed by atoms with van der Waals surface area (Å²) in [5, 5.41) is 2.91. The summed E-state index contributed by atoms with van der Waals surface area (Å²) in [6.07, 6.45) is 5.60. The average Bonchev–Trinajstić information content (AvgIpc) is 2.46. The Hall–Kier alpha value is -1.42. The molecular formula is C14H20N2O2. The molecule has 1 aliphatic heterocycles. The van der Waals surface area contributed by atoms with Crippen molar-refractivity contribution in [3.05, 3.63) is 29.6 Å². The third-order valence-corrected chi connectivity index (χ3v) is 3.56. The molecule has 1 aromatic rings. The number of hydrogen-bond donors (Lipinski definition) is 1. The zero-order valence-electron chi connectivity index (χ0n) is 10.8. The van der Waals surface area contributed by atoms with E-state index in [-0.39, 0.29) is 6.04 Å². The Labute approximate surface area is 108 Å². The fraction of sp³-hybridized carbons (Fsp3) is 0.571. The SMILES string of the molecule is CCc1ccc(C(NC=O)C2CCOCC2)nc1. The van der Waals surface area contributed by atoms with Gasteiger partial charge in [-0.15, -0.1) is 0 Å². The molecular weight excluding hydrogens is 228 g/mol. The van der Waals surface area contributed by atoms with E-state index in [2.05, 4.69) is 23.3 Å². The van der Waals surface area contributed by atoms with E-state index in [4.69, 9.17) is 4.74 Å². The van der Waals surface area contributed by atoms with Gasteiger partial charge in [-0.05, 0) is 36.8 Å². The van der Waals surface area contributed by atoms with Crippen LogP contribution in [0.4, 0.5) is 0 Å². The molecule has 1 saturated heterocycles. The van der Waals surface area contributed by atoms with Gasteiger partial charge in [-0.1, -0.05) is 13.0 Å². The van der Waals surface area contributed by atoms with Gasteiger partial charge in [-0.2, -0.15) is 0 Å². The highest BCUT2D eigenvalue weighted by molar-refractivity contribution is 5.47. The third-order valence-electron chi connectivity index (χ3n) is 3.56. The van der Waals surface area contributed by atoms with Crippen molar-refractivity contribution in [1.29, 1.82) is 0 Å². The second kappa shape index (κ2) is 6.50. The smallest absolute Gasteiger partial charge is 0.207 e. The number of nitrogens with one attached hydrogen (secondary N) is 1. The highest BCUT2D eigenvalue weighted by Gasteiger charge is 2.25. The van der Waals surface area contributed by atoms with Crippen molar-refractivity contribution in [2.45, 2.75) is 32.2 Å². The molecule has 1 aliphatic rings. The van der Waals surface area contributed by atoms with Gasteiger partial charge in [0.05, 0.1) is 11.7 Å². The summed E-state index contributed by atoms with van der Waals surface area (Å²) in [7, 11) is 0. The van der Waals surface area contributed by atoms with Crippen molar-refractivity contribution in [3.63, 3.8) is 0 Å². The summed E-state index contributed by atoms with van der Waals surface area (Å²) in [6, 6.07) is 4.12. The lowest BCUT2D eigenvalue weighted by Crippen LogP contribution is -2.32. The molecule has 0 radical (unpaired) electrons. The van der Waals surface area contributed by atoms with Crippen LogP contribution in [0.3, 0.4) is 0 Å². The Morgan fingerprint density at radius 3 is 2.83 bits per heavy atom. The summed E-state index contributed by atoms with van der Waals surface area (Å²) in [4.78, 5) is 15.3. The van der Waals surface area contributed by atoms with Crippen LogP contribution in [0.25, 0.3) is 0 Å². The first-order chi connectivity index (χ1) is 8.85. The van der Waals surface area contributed by atoms with Crippen LogP contribution in [-0.2, 0) is 16.0 Å². The van der Waals surface area contributed by atoms with Crippen LogP contribution in [0.2, 0.25) is 0 Å². The van der Waals surface area contributed by atoms with Gasteiger partial charge in [0.2, 0.25) is 6.41 Å². The predicted octanol–water partition coefficient (Wildman–Crippen LogP) is 1.86. The minimum Gasteiger partial charge on any atom is -0.381 e. The first kappa shape index (κ1) is 13.0. The Kier molecular flexibility index (Phi) is 4.70. The molecule has 98 valence electrons. The maximum absolute atomic E-state index is 10.8. The van der Waals surface area contributed by atoms with Crippen LogP contribution in [0.1, 0.15) is 37.1 Å². The van der Waals surface area contributed by atoms with Gasteiger partial charge in [-0.3, -0.25) is 9.78 Å². The van der Waals surface area contributed by atoms with E-state index in [0.29, 0.717) is 5.92 Å². The van der Waals surface area contributed by atoms with Gasteiger partial charge in [0.1, 0.15) is 0 Å². The molecule has 1 fully saturated rings. The molecule has 2 heterocycles. The fourth-order valence-electron chi connectivity index (χ4n) is 2.41. The number of amides is 1. The molecule has 0 saturated carbocycles. The lowest BCUT2D eigenvalue weighted by molar-refractivity contribution is -0.110. The number of pyridine rings is 1. The van der Waals surface area contributed by atoms with Crippen molar-refractivity contribution in [2.75, 3.05) is 13.2 Å². The molecule has 0 spiro atoms. The van der Waals surface area contributed by atoms with E-state index in [1.54, 1.807) is 0 Å². The van der Waals surface area contributed by atoms with E-state index >= 15 is 0 Å². The summed E-state index contributed by atoms with van der Waals surface area (Å²) in [5.74, 6) is 0.420. The summed E-state index contributed by atoms with van der Waals surface area (Å²) >= 11 is 0. The molecule has 1 unspecified atom stereocenters. The van der Waals surface area contributed by atoms with Crippen molar-refractivity contribution in [3.8, 4) is 0 Å². The molecule has 1 atom stereocenters.